The molecule has 0 radical (unpaired) electrons. The molecule has 2 atom stereocenters. The van der Waals surface area contributed by atoms with Crippen LogP contribution in [0.3, 0.4) is 0 Å². The highest BCUT2D eigenvalue weighted by atomic mass is 79.9. The molecule has 0 nitrogen and oxygen atoms in total. The number of rotatable bonds is 0. The van der Waals surface area contributed by atoms with Crippen molar-refractivity contribution in [3.63, 3.8) is 0 Å². The van der Waals surface area contributed by atoms with E-state index in [4.69, 9.17) is 0 Å². The van der Waals surface area contributed by atoms with Crippen molar-refractivity contribution in [2.45, 2.75) is 11.5 Å². The maximum absolute atomic E-state index is 13.2. The summed E-state index contributed by atoms with van der Waals surface area (Å²) >= 11 is 6.23. The van der Waals surface area contributed by atoms with Gasteiger partial charge in [0.05, 0.1) is 0 Å². The molecule has 0 aromatic carbocycles. The third-order valence-corrected chi connectivity index (χ3v) is 3.00. The summed E-state index contributed by atoms with van der Waals surface area (Å²) in [4.78, 5) is 0. The van der Waals surface area contributed by atoms with Crippen molar-refractivity contribution in [3.8, 4) is 0 Å². The molecule has 10 heavy (non-hydrogen) atoms. The van der Waals surface area contributed by atoms with Crippen LogP contribution < -0.4 is 0 Å². The average Bonchev–Trinajstić information content (AvgIpc) is 1.81. The Morgan fingerprint density at radius 1 is 1.70 bits per heavy atom. The molecule has 0 aromatic heterocycles. The third-order valence-electron chi connectivity index (χ3n) is 1.48. The number of hydrogen-bond acceptors (Lipinski definition) is 0. The second-order valence-electron chi connectivity index (χ2n) is 2.35. The van der Waals surface area contributed by atoms with Gasteiger partial charge in [0.1, 0.15) is 0 Å². The van der Waals surface area contributed by atoms with Gasteiger partial charge in [-0.05, 0) is 28.1 Å². The number of halogens is 3. The number of allylic oxidation sites excluding steroid dienone is 4. The van der Waals surface area contributed by atoms with Gasteiger partial charge in [0, 0.05) is 10.4 Å². The lowest BCUT2D eigenvalue weighted by Gasteiger charge is -2.22. The lowest BCUT2D eigenvalue weighted by Crippen LogP contribution is -2.21. The van der Waals surface area contributed by atoms with Crippen LogP contribution in [0.1, 0.15) is 6.92 Å². The highest BCUT2D eigenvalue weighted by Gasteiger charge is 2.30. The van der Waals surface area contributed by atoms with Crippen LogP contribution in [-0.4, -0.2) is 4.58 Å². The molecule has 0 heterocycles. The zero-order valence-corrected chi connectivity index (χ0v) is 8.62. The number of hydrogen-bond donors (Lipinski definition) is 0. The summed E-state index contributed by atoms with van der Waals surface area (Å²) in [6.45, 7) is 1.82. The minimum Gasteiger partial charge on any atom is -0.226 e. The fraction of sp³-hybridized carbons (Fsp3) is 0.429. The van der Waals surface area contributed by atoms with E-state index in [1.165, 1.54) is 6.08 Å². The van der Waals surface area contributed by atoms with Gasteiger partial charge < -0.3 is 0 Å². The fourth-order valence-corrected chi connectivity index (χ4v) is 1.54. The molecule has 0 bridgehead atoms. The van der Waals surface area contributed by atoms with Gasteiger partial charge in [0.15, 0.2) is 4.58 Å². The summed E-state index contributed by atoms with van der Waals surface area (Å²) in [5.74, 6) is -0.119. The molecule has 0 saturated heterocycles. The molecule has 56 valence electrons. The summed E-state index contributed by atoms with van der Waals surface area (Å²) < 4.78 is 12.8. The van der Waals surface area contributed by atoms with Crippen molar-refractivity contribution in [2.24, 2.45) is 5.92 Å². The normalized spacial score (nSPS) is 39.6. The average molecular weight is 270 g/mol. The van der Waals surface area contributed by atoms with Crippen molar-refractivity contribution in [1.82, 2.24) is 0 Å². The van der Waals surface area contributed by atoms with Crippen molar-refractivity contribution in [2.75, 3.05) is 0 Å². The summed E-state index contributed by atoms with van der Waals surface area (Å²) in [6, 6.07) is 0. The maximum atomic E-state index is 13.2. The van der Waals surface area contributed by atoms with Crippen molar-refractivity contribution < 1.29 is 4.39 Å². The Balaban J connectivity index is 2.84. The molecule has 0 spiro atoms. The van der Waals surface area contributed by atoms with Crippen LogP contribution in [0.5, 0.6) is 0 Å². The van der Waals surface area contributed by atoms with E-state index in [-0.39, 0.29) is 5.92 Å². The Hall–Kier alpha value is 0.370. The van der Waals surface area contributed by atoms with Crippen LogP contribution in [0.2, 0.25) is 0 Å². The molecule has 1 aliphatic rings. The molecular formula is C7H7Br2F. The molecule has 0 fully saturated rings. The second kappa shape index (κ2) is 2.78. The summed E-state index contributed by atoms with van der Waals surface area (Å²) in [5.41, 5.74) is 0. The van der Waals surface area contributed by atoms with Gasteiger partial charge in [-0.1, -0.05) is 28.9 Å². The Kier molecular flexibility index (Phi) is 2.35. The third kappa shape index (κ3) is 1.70. The molecule has 0 N–H and O–H groups in total. The molecule has 0 saturated carbocycles. The van der Waals surface area contributed by atoms with Crippen molar-refractivity contribution >= 4 is 31.9 Å². The van der Waals surface area contributed by atoms with Gasteiger partial charge in [0.25, 0.3) is 0 Å². The quantitative estimate of drug-likeness (QED) is 0.590. The van der Waals surface area contributed by atoms with Crippen LogP contribution in [0, 0.1) is 5.92 Å². The lowest BCUT2D eigenvalue weighted by molar-refractivity contribution is 0.300. The van der Waals surface area contributed by atoms with Crippen LogP contribution in [0.15, 0.2) is 22.7 Å². The van der Waals surface area contributed by atoms with Crippen LogP contribution >= 0.6 is 31.9 Å². The Morgan fingerprint density at radius 3 is 2.70 bits per heavy atom. The first-order valence-electron chi connectivity index (χ1n) is 2.97. The van der Waals surface area contributed by atoms with Crippen molar-refractivity contribution in [3.05, 3.63) is 22.7 Å². The summed E-state index contributed by atoms with van der Waals surface area (Å²) in [5, 5.41) is 0. The molecule has 1 aliphatic carbocycles. The summed E-state index contributed by atoms with van der Waals surface area (Å²) in [7, 11) is 0. The topological polar surface area (TPSA) is 0 Å². The van der Waals surface area contributed by atoms with E-state index in [9.17, 15) is 4.39 Å². The fourth-order valence-electron chi connectivity index (χ4n) is 0.748. The Bertz CT molecular complexity index is 194. The minimum atomic E-state index is -1.36. The zero-order valence-electron chi connectivity index (χ0n) is 5.44. The second-order valence-corrected chi connectivity index (χ2v) is 4.48. The molecule has 2 unspecified atom stereocenters. The standard InChI is InChI=1S/C7H7Br2F/c1-5-4-6(8)2-3-7(5,9)10/h2-5H,1H3. The van der Waals surface area contributed by atoms with Crippen LogP contribution in [0.25, 0.3) is 0 Å². The highest BCUT2D eigenvalue weighted by molar-refractivity contribution is 9.12. The van der Waals surface area contributed by atoms with Gasteiger partial charge in [-0.3, -0.25) is 0 Å². The summed E-state index contributed by atoms with van der Waals surface area (Å²) in [6.07, 6.45) is 5.03. The smallest absolute Gasteiger partial charge is 0.189 e. The first kappa shape index (κ1) is 8.47. The van der Waals surface area contributed by atoms with E-state index in [1.54, 1.807) is 6.08 Å². The van der Waals surface area contributed by atoms with Crippen LogP contribution in [0.4, 0.5) is 4.39 Å². The molecule has 1 rings (SSSR count). The highest BCUT2D eigenvalue weighted by Crippen LogP contribution is 2.37. The molecule has 0 amide bonds. The Morgan fingerprint density at radius 2 is 2.30 bits per heavy atom. The van der Waals surface area contributed by atoms with E-state index in [0.29, 0.717) is 0 Å². The van der Waals surface area contributed by atoms with E-state index < -0.39 is 4.58 Å². The number of alkyl halides is 2. The lowest BCUT2D eigenvalue weighted by atomic mass is 10.0. The predicted molar refractivity (Wildman–Crippen MR) is 48.1 cm³/mol. The zero-order chi connectivity index (χ0) is 7.78. The van der Waals surface area contributed by atoms with Gasteiger partial charge in [-0.15, -0.1) is 0 Å². The van der Waals surface area contributed by atoms with E-state index in [1.807, 2.05) is 13.0 Å². The molecule has 0 aliphatic heterocycles. The first-order valence-corrected chi connectivity index (χ1v) is 4.55. The Labute approximate surface area is 76.4 Å². The van der Waals surface area contributed by atoms with Crippen molar-refractivity contribution in [1.29, 1.82) is 0 Å². The minimum absolute atomic E-state index is 0.119. The SMILES string of the molecule is CC1C=C(Br)C=CC1(F)Br. The van der Waals surface area contributed by atoms with E-state index in [2.05, 4.69) is 31.9 Å². The van der Waals surface area contributed by atoms with Gasteiger partial charge >= 0.3 is 0 Å². The van der Waals surface area contributed by atoms with Gasteiger partial charge in [-0.2, -0.15) is 0 Å². The van der Waals surface area contributed by atoms with Gasteiger partial charge in [-0.25, -0.2) is 4.39 Å². The maximum Gasteiger partial charge on any atom is 0.189 e. The van der Waals surface area contributed by atoms with Gasteiger partial charge in [0.2, 0.25) is 0 Å². The van der Waals surface area contributed by atoms with E-state index >= 15 is 0 Å². The van der Waals surface area contributed by atoms with Crippen LogP contribution in [-0.2, 0) is 0 Å². The predicted octanol–water partition coefficient (Wildman–Crippen LogP) is 3.53. The molecule has 0 aromatic rings. The largest absolute Gasteiger partial charge is 0.226 e. The molecule has 3 heteroatoms. The first-order chi connectivity index (χ1) is 4.52. The molecular weight excluding hydrogens is 263 g/mol. The monoisotopic (exact) mass is 268 g/mol. The van der Waals surface area contributed by atoms with E-state index in [0.717, 1.165) is 4.48 Å².